The second kappa shape index (κ2) is 10.8. The second-order valence-corrected chi connectivity index (χ2v) is 8.26. The Bertz CT molecular complexity index is 293. The third-order valence-corrected chi connectivity index (χ3v) is 4.33. The molecule has 0 bridgehead atoms. The zero-order chi connectivity index (χ0) is 16.4. The van der Waals surface area contributed by atoms with E-state index < -0.39 is 7.82 Å². The Morgan fingerprint density at radius 1 is 0.905 bits per heavy atom. The summed E-state index contributed by atoms with van der Waals surface area (Å²) in [5, 5.41) is 0. The lowest BCUT2D eigenvalue weighted by Crippen LogP contribution is -2.28. The molecule has 21 heavy (non-hydrogen) atoms. The zero-order valence-corrected chi connectivity index (χ0v) is 15.2. The predicted molar refractivity (Wildman–Crippen MR) is 88.2 cm³/mol. The SMILES string of the molecule is CCCCCCCCCCCC(OP(=O)(O)O)C(C)(C)C. The number of unbranched alkanes of at least 4 members (excludes halogenated alkanes) is 8. The topological polar surface area (TPSA) is 66.8 Å². The van der Waals surface area contributed by atoms with Gasteiger partial charge in [-0.1, -0.05) is 85.5 Å². The molecular formula is C16H35O4P. The van der Waals surface area contributed by atoms with Crippen LogP contribution in [0.25, 0.3) is 0 Å². The van der Waals surface area contributed by atoms with Crippen LogP contribution in [0.1, 0.15) is 91.9 Å². The fraction of sp³-hybridized carbons (Fsp3) is 1.00. The van der Waals surface area contributed by atoms with Crippen LogP contribution in [0.5, 0.6) is 0 Å². The Labute approximate surface area is 130 Å². The van der Waals surface area contributed by atoms with Crippen LogP contribution in [0.15, 0.2) is 0 Å². The van der Waals surface area contributed by atoms with E-state index in [1.54, 1.807) is 0 Å². The van der Waals surface area contributed by atoms with Gasteiger partial charge in [0.15, 0.2) is 0 Å². The smallest absolute Gasteiger partial charge is 0.303 e. The number of hydrogen-bond donors (Lipinski definition) is 2. The summed E-state index contributed by atoms with van der Waals surface area (Å²) in [4.78, 5) is 18.0. The maximum Gasteiger partial charge on any atom is 0.469 e. The van der Waals surface area contributed by atoms with Crippen LogP contribution in [0.3, 0.4) is 0 Å². The van der Waals surface area contributed by atoms with Gasteiger partial charge in [-0.25, -0.2) is 4.57 Å². The van der Waals surface area contributed by atoms with E-state index in [9.17, 15) is 4.57 Å². The van der Waals surface area contributed by atoms with Crippen LogP contribution in [0.2, 0.25) is 0 Å². The number of phosphoric acid groups is 1. The van der Waals surface area contributed by atoms with Gasteiger partial charge in [-0.3, -0.25) is 4.52 Å². The van der Waals surface area contributed by atoms with E-state index in [-0.39, 0.29) is 11.5 Å². The van der Waals surface area contributed by atoms with E-state index in [2.05, 4.69) is 6.92 Å². The van der Waals surface area contributed by atoms with Gasteiger partial charge in [0.2, 0.25) is 0 Å². The van der Waals surface area contributed by atoms with Crippen molar-refractivity contribution in [1.82, 2.24) is 0 Å². The van der Waals surface area contributed by atoms with Crippen LogP contribution >= 0.6 is 7.82 Å². The van der Waals surface area contributed by atoms with Crippen molar-refractivity contribution in [2.24, 2.45) is 5.41 Å². The van der Waals surface area contributed by atoms with Crippen molar-refractivity contribution in [3.63, 3.8) is 0 Å². The molecule has 0 spiro atoms. The molecule has 0 aromatic heterocycles. The summed E-state index contributed by atoms with van der Waals surface area (Å²) in [7, 11) is -4.40. The van der Waals surface area contributed by atoms with E-state index in [0.717, 1.165) is 12.8 Å². The second-order valence-electron chi connectivity index (χ2n) is 7.07. The molecule has 0 amide bonds. The maximum absolute atomic E-state index is 11.0. The van der Waals surface area contributed by atoms with E-state index in [0.29, 0.717) is 6.42 Å². The third kappa shape index (κ3) is 13.5. The summed E-state index contributed by atoms with van der Waals surface area (Å²) in [5.41, 5.74) is -0.249. The van der Waals surface area contributed by atoms with Crippen molar-refractivity contribution in [1.29, 1.82) is 0 Å². The summed E-state index contributed by atoms with van der Waals surface area (Å²) in [6.07, 6.45) is 11.5. The molecule has 1 unspecified atom stereocenters. The molecule has 0 fully saturated rings. The monoisotopic (exact) mass is 322 g/mol. The molecule has 0 aromatic rings. The minimum absolute atomic E-state index is 0.249. The molecule has 5 heteroatoms. The average molecular weight is 322 g/mol. The van der Waals surface area contributed by atoms with Gasteiger partial charge in [0.05, 0.1) is 6.10 Å². The summed E-state index contributed by atoms with van der Waals surface area (Å²) in [5.74, 6) is 0. The standard InChI is InChI=1S/C16H35O4P/c1-5-6-7-8-9-10-11-12-13-14-15(16(2,3)4)20-21(17,18)19/h15H,5-14H2,1-4H3,(H2,17,18,19). The summed E-state index contributed by atoms with van der Waals surface area (Å²) < 4.78 is 16.0. The molecular weight excluding hydrogens is 287 g/mol. The van der Waals surface area contributed by atoms with Crippen LogP contribution in [-0.2, 0) is 9.09 Å². The van der Waals surface area contributed by atoms with Crippen LogP contribution < -0.4 is 0 Å². The minimum atomic E-state index is -4.40. The van der Waals surface area contributed by atoms with Crippen molar-refractivity contribution >= 4 is 7.82 Å². The largest absolute Gasteiger partial charge is 0.469 e. The average Bonchev–Trinajstić information content (AvgIpc) is 2.32. The zero-order valence-electron chi connectivity index (χ0n) is 14.3. The van der Waals surface area contributed by atoms with Gasteiger partial charge >= 0.3 is 7.82 Å². The highest BCUT2D eigenvalue weighted by atomic mass is 31.2. The first kappa shape index (κ1) is 21.1. The Hall–Kier alpha value is 0.110. The van der Waals surface area contributed by atoms with Crippen molar-refractivity contribution in [2.45, 2.75) is 98.0 Å². The molecule has 0 aliphatic carbocycles. The molecule has 0 heterocycles. The first-order valence-corrected chi connectivity index (χ1v) is 9.94. The normalized spacial score (nSPS) is 14.4. The summed E-state index contributed by atoms with van der Waals surface area (Å²) in [6, 6.07) is 0. The van der Waals surface area contributed by atoms with E-state index >= 15 is 0 Å². The molecule has 0 saturated heterocycles. The lowest BCUT2D eigenvalue weighted by Gasteiger charge is -2.30. The molecule has 0 radical (unpaired) electrons. The van der Waals surface area contributed by atoms with E-state index in [1.165, 1.54) is 44.9 Å². The molecule has 0 aliphatic heterocycles. The van der Waals surface area contributed by atoms with Gasteiger partial charge < -0.3 is 9.79 Å². The lowest BCUT2D eigenvalue weighted by atomic mass is 9.86. The van der Waals surface area contributed by atoms with Gasteiger partial charge in [0.25, 0.3) is 0 Å². The molecule has 0 rings (SSSR count). The number of phosphoric ester groups is 1. The van der Waals surface area contributed by atoms with E-state index in [4.69, 9.17) is 14.3 Å². The van der Waals surface area contributed by atoms with Gasteiger partial charge in [0.1, 0.15) is 0 Å². The molecule has 0 aliphatic rings. The highest BCUT2D eigenvalue weighted by molar-refractivity contribution is 7.46. The van der Waals surface area contributed by atoms with Gasteiger partial charge in [-0.15, -0.1) is 0 Å². The Balaban J connectivity index is 3.77. The van der Waals surface area contributed by atoms with Gasteiger partial charge in [-0.2, -0.15) is 0 Å². The molecule has 2 N–H and O–H groups in total. The number of rotatable bonds is 12. The van der Waals surface area contributed by atoms with Gasteiger partial charge in [0, 0.05) is 0 Å². The predicted octanol–water partition coefficient (Wildman–Crippen LogP) is 5.43. The van der Waals surface area contributed by atoms with Crippen LogP contribution in [0.4, 0.5) is 0 Å². The van der Waals surface area contributed by atoms with Crippen molar-refractivity contribution in [2.75, 3.05) is 0 Å². The van der Waals surface area contributed by atoms with Gasteiger partial charge in [-0.05, 0) is 11.8 Å². The quantitative estimate of drug-likeness (QED) is 0.371. The fourth-order valence-corrected chi connectivity index (χ4v) is 3.20. The Kier molecular flexibility index (Phi) is 10.8. The number of hydrogen-bond acceptors (Lipinski definition) is 2. The molecule has 0 saturated carbocycles. The third-order valence-electron chi connectivity index (χ3n) is 3.80. The van der Waals surface area contributed by atoms with Crippen LogP contribution in [-0.4, -0.2) is 15.9 Å². The van der Waals surface area contributed by atoms with Crippen molar-refractivity contribution < 1.29 is 18.9 Å². The first-order valence-electron chi connectivity index (χ1n) is 8.40. The highest BCUT2D eigenvalue weighted by Gasteiger charge is 2.31. The molecule has 4 nitrogen and oxygen atoms in total. The molecule has 1 atom stereocenters. The molecule has 128 valence electrons. The minimum Gasteiger partial charge on any atom is -0.303 e. The summed E-state index contributed by atoms with van der Waals surface area (Å²) >= 11 is 0. The summed E-state index contributed by atoms with van der Waals surface area (Å²) in [6.45, 7) is 8.11. The lowest BCUT2D eigenvalue weighted by molar-refractivity contribution is 0.0450. The first-order chi connectivity index (χ1) is 9.67. The molecule has 0 aromatic carbocycles. The maximum atomic E-state index is 11.0. The Morgan fingerprint density at radius 2 is 1.33 bits per heavy atom. The Morgan fingerprint density at radius 3 is 1.71 bits per heavy atom. The van der Waals surface area contributed by atoms with Crippen molar-refractivity contribution in [3.05, 3.63) is 0 Å². The fourth-order valence-electron chi connectivity index (χ4n) is 2.45. The van der Waals surface area contributed by atoms with Crippen molar-refractivity contribution in [3.8, 4) is 0 Å². The van der Waals surface area contributed by atoms with Crippen LogP contribution in [0, 0.1) is 5.41 Å². The van der Waals surface area contributed by atoms with E-state index in [1.807, 2.05) is 20.8 Å². The highest BCUT2D eigenvalue weighted by Crippen LogP contribution is 2.43.